The summed E-state index contributed by atoms with van der Waals surface area (Å²) < 4.78 is 0. The van der Waals surface area contributed by atoms with Crippen molar-refractivity contribution in [3.05, 3.63) is 18.0 Å². The van der Waals surface area contributed by atoms with Crippen LogP contribution in [0.15, 0.2) is 12.4 Å². The summed E-state index contributed by atoms with van der Waals surface area (Å²) in [6.07, 6.45) is 7.58. The smallest absolute Gasteiger partial charge is 0.225 e. The molecule has 1 aliphatic rings. The van der Waals surface area contributed by atoms with Crippen LogP contribution in [-0.2, 0) is 0 Å². The quantitative estimate of drug-likeness (QED) is 0.909. The summed E-state index contributed by atoms with van der Waals surface area (Å²) in [5.74, 6) is 0.881. The minimum atomic E-state index is 0.164. The zero-order valence-electron chi connectivity index (χ0n) is 12.6. The van der Waals surface area contributed by atoms with Gasteiger partial charge in [0.25, 0.3) is 0 Å². The number of hydrogen-bond donors (Lipinski definition) is 1. The zero-order chi connectivity index (χ0) is 13.9. The number of hydrogen-bond acceptors (Lipinski definition) is 4. The largest absolute Gasteiger partial charge is 0.337 e. The molecule has 0 bridgehead atoms. The Kier molecular flexibility index (Phi) is 4.40. The van der Waals surface area contributed by atoms with E-state index in [4.69, 9.17) is 0 Å². The maximum Gasteiger partial charge on any atom is 0.225 e. The molecule has 1 fully saturated rings. The molecule has 2 rings (SSSR count). The highest BCUT2D eigenvalue weighted by atomic mass is 15.3. The van der Waals surface area contributed by atoms with Crippen molar-refractivity contribution < 1.29 is 0 Å². The van der Waals surface area contributed by atoms with Gasteiger partial charge in [-0.25, -0.2) is 9.97 Å². The van der Waals surface area contributed by atoms with Gasteiger partial charge < -0.3 is 10.2 Å². The Morgan fingerprint density at radius 2 is 1.95 bits per heavy atom. The van der Waals surface area contributed by atoms with Crippen molar-refractivity contribution in [1.82, 2.24) is 15.3 Å². The van der Waals surface area contributed by atoms with Crippen molar-refractivity contribution in [2.75, 3.05) is 18.0 Å². The van der Waals surface area contributed by atoms with Gasteiger partial charge in [0, 0.05) is 37.1 Å². The van der Waals surface area contributed by atoms with Gasteiger partial charge in [-0.3, -0.25) is 0 Å². The van der Waals surface area contributed by atoms with Crippen LogP contribution < -0.4 is 10.2 Å². The standard InChI is InChI=1S/C15H26N4/c1-12-9-16-14(17-10-12)19-8-6-5-7-13(19)11-18-15(2,3)4/h9-10,13,18H,5-8,11H2,1-4H3. The first-order valence-electron chi connectivity index (χ1n) is 7.26. The fourth-order valence-electron chi connectivity index (χ4n) is 2.43. The summed E-state index contributed by atoms with van der Waals surface area (Å²) >= 11 is 0. The Hall–Kier alpha value is -1.16. The minimum absolute atomic E-state index is 0.164. The van der Waals surface area contributed by atoms with E-state index < -0.39 is 0 Å². The fraction of sp³-hybridized carbons (Fsp3) is 0.733. The molecule has 1 unspecified atom stereocenters. The van der Waals surface area contributed by atoms with Gasteiger partial charge in [0.2, 0.25) is 5.95 Å². The number of rotatable bonds is 3. The van der Waals surface area contributed by atoms with E-state index in [1.54, 1.807) is 0 Å². The first kappa shape index (κ1) is 14.3. The zero-order valence-corrected chi connectivity index (χ0v) is 12.6. The molecule has 1 aliphatic heterocycles. The van der Waals surface area contributed by atoms with Crippen LogP contribution in [0.3, 0.4) is 0 Å². The van der Waals surface area contributed by atoms with Crippen molar-refractivity contribution >= 4 is 5.95 Å². The summed E-state index contributed by atoms with van der Waals surface area (Å²) in [4.78, 5) is 11.3. The van der Waals surface area contributed by atoms with Crippen molar-refractivity contribution in [3.63, 3.8) is 0 Å². The number of aromatic nitrogens is 2. The van der Waals surface area contributed by atoms with E-state index >= 15 is 0 Å². The SMILES string of the molecule is Cc1cnc(N2CCCCC2CNC(C)(C)C)nc1. The third-order valence-electron chi connectivity index (χ3n) is 3.52. The number of piperidine rings is 1. The van der Waals surface area contributed by atoms with Gasteiger partial charge in [0.15, 0.2) is 0 Å². The lowest BCUT2D eigenvalue weighted by Gasteiger charge is -2.37. The highest BCUT2D eigenvalue weighted by Crippen LogP contribution is 2.21. The van der Waals surface area contributed by atoms with Crippen LogP contribution in [0.4, 0.5) is 5.95 Å². The molecule has 1 aromatic rings. The van der Waals surface area contributed by atoms with Crippen molar-refractivity contribution in [2.24, 2.45) is 0 Å². The second-order valence-electron chi connectivity index (χ2n) is 6.53. The highest BCUT2D eigenvalue weighted by molar-refractivity contribution is 5.32. The summed E-state index contributed by atoms with van der Waals surface area (Å²) in [6.45, 7) is 10.7. The van der Waals surface area contributed by atoms with Crippen molar-refractivity contribution in [3.8, 4) is 0 Å². The number of nitrogens with one attached hydrogen (secondary N) is 1. The van der Waals surface area contributed by atoms with Crippen LogP contribution in [-0.4, -0.2) is 34.6 Å². The summed E-state index contributed by atoms with van der Waals surface area (Å²) in [5.41, 5.74) is 1.28. The normalized spacial score (nSPS) is 20.6. The molecule has 106 valence electrons. The third kappa shape index (κ3) is 4.16. The van der Waals surface area contributed by atoms with Gasteiger partial charge >= 0.3 is 0 Å². The number of anilines is 1. The maximum atomic E-state index is 4.48. The molecule has 1 saturated heterocycles. The van der Waals surface area contributed by atoms with Crippen LogP contribution in [0.25, 0.3) is 0 Å². The highest BCUT2D eigenvalue weighted by Gasteiger charge is 2.25. The van der Waals surface area contributed by atoms with E-state index in [-0.39, 0.29) is 5.54 Å². The molecule has 2 heterocycles. The molecule has 0 radical (unpaired) electrons. The van der Waals surface area contributed by atoms with Crippen LogP contribution >= 0.6 is 0 Å². The van der Waals surface area contributed by atoms with E-state index in [0.29, 0.717) is 6.04 Å². The van der Waals surface area contributed by atoms with Crippen LogP contribution in [0.5, 0.6) is 0 Å². The van der Waals surface area contributed by atoms with Gasteiger partial charge in [-0.15, -0.1) is 0 Å². The predicted octanol–water partition coefficient (Wildman–Crippen LogP) is 2.53. The minimum Gasteiger partial charge on any atom is -0.337 e. The lowest BCUT2D eigenvalue weighted by molar-refractivity contribution is 0.364. The van der Waals surface area contributed by atoms with E-state index in [2.05, 4.69) is 41.0 Å². The molecule has 4 heteroatoms. The van der Waals surface area contributed by atoms with Gasteiger partial charge in [0.1, 0.15) is 0 Å². The Balaban J connectivity index is 2.05. The molecule has 0 saturated carbocycles. The molecule has 0 spiro atoms. The average molecular weight is 262 g/mol. The Morgan fingerprint density at radius 3 is 2.58 bits per heavy atom. The maximum absolute atomic E-state index is 4.48. The molecule has 19 heavy (non-hydrogen) atoms. The van der Waals surface area contributed by atoms with E-state index in [1.807, 2.05) is 19.3 Å². The van der Waals surface area contributed by atoms with Gasteiger partial charge in [-0.2, -0.15) is 0 Å². The molecule has 0 aromatic carbocycles. The van der Waals surface area contributed by atoms with Gasteiger partial charge in [-0.05, 0) is 52.5 Å². The molecular formula is C15H26N4. The molecule has 1 N–H and O–H groups in total. The van der Waals surface area contributed by atoms with E-state index in [0.717, 1.165) is 24.6 Å². The third-order valence-corrected chi connectivity index (χ3v) is 3.52. The Labute approximate surface area is 116 Å². The molecule has 1 aromatic heterocycles. The first-order valence-corrected chi connectivity index (χ1v) is 7.26. The Morgan fingerprint density at radius 1 is 1.26 bits per heavy atom. The lowest BCUT2D eigenvalue weighted by atomic mass is 10.0. The molecule has 0 aliphatic carbocycles. The van der Waals surface area contributed by atoms with Crippen molar-refractivity contribution in [2.45, 2.75) is 58.5 Å². The molecular weight excluding hydrogens is 236 g/mol. The van der Waals surface area contributed by atoms with Gasteiger partial charge in [0.05, 0.1) is 0 Å². The fourth-order valence-corrected chi connectivity index (χ4v) is 2.43. The number of aryl methyl sites for hydroxylation is 1. The predicted molar refractivity (Wildman–Crippen MR) is 79.5 cm³/mol. The monoisotopic (exact) mass is 262 g/mol. The summed E-state index contributed by atoms with van der Waals surface area (Å²) in [5, 5.41) is 3.61. The second kappa shape index (κ2) is 5.87. The van der Waals surface area contributed by atoms with Crippen LogP contribution in [0, 0.1) is 6.92 Å². The topological polar surface area (TPSA) is 41.1 Å². The van der Waals surface area contributed by atoms with E-state index in [1.165, 1.54) is 19.3 Å². The summed E-state index contributed by atoms with van der Waals surface area (Å²) in [6, 6.07) is 0.510. The molecule has 4 nitrogen and oxygen atoms in total. The van der Waals surface area contributed by atoms with Gasteiger partial charge in [-0.1, -0.05) is 0 Å². The molecule has 1 atom stereocenters. The van der Waals surface area contributed by atoms with Crippen LogP contribution in [0.1, 0.15) is 45.6 Å². The Bertz CT molecular complexity index is 394. The molecule has 0 amide bonds. The average Bonchev–Trinajstić information content (AvgIpc) is 2.37. The van der Waals surface area contributed by atoms with Crippen LogP contribution in [0.2, 0.25) is 0 Å². The van der Waals surface area contributed by atoms with E-state index in [9.17, 15) is 0 Å². The second-order valence-corrected chi connectivity index (χ2v) is 6.53. The first-order chi connectivity index (χ1) is 8.96. The number of nitrogens with zero attached hydrogens (tertiary/aromatic N) is 3. The summed E-state index contributed by atoms with van der Waals surface area (Å²) in [7, 11) is 0. The lowest BCUT2D eigenvalue weighted by Crippen LogP contribution is -2.50. The van der Waals surface area contributed by atoms with Crippen molar-refractivity contribution in [1.29, 1.82) is 0 Å².